The molecule has 6 nitrogen and oxygen atoms in total. The molecule has 1 aromatic carbocycles. The lowest BCUT2D eigenvalue weighted by atomic mass is 10.1. The summed E-state index contributed by atoms with van der Waals surface area (Å²) in [6.07, 6.45) is 1.58. The maximum Gasteiger partial charge on any atom is 0.268 e. The van der Waals surface area contributed by atoms with Gasteiger partial charge in [-0.1, -0.05) is 18.2 Å². The molecule has 7 heteroatoms. The molecule has 3 rings (SSSR count). The second-order valence-electron chi connectivity index (χ2n) is 5.14. The maximum atomic E-state index is 12.6. The predicted octanol–water partition coefficient (Wildman–Crippen LogP) is 2.06. The van der Waals surface area contributed by atoms with E-state index in [9.17, 15) is 13.2 Å². The molecule has 1 aliphatic rings. The Kier molecular flexibility index (Phi) is 4.61. The van der Waals surface area contributed by atoms with Gasteiger partial charge in [-0.15, -0.1) is 0 Å². The summed E-state index contributed by atoms with van der Waals surface area (Å²) in [7, 11) is -3.78. The highest BCUT2D eigenvalue weighted by Crippen LogP contribution is 2.19. The van der Waals surface area contributed by atoms with Crippen LogP contribution in [0.15, 0.2) is 53.6 Å². The number of nitrogens with zero attached hydrogens (tertiary/aromatic N) is 1. The van der Waals surface area contributed by atoms with Gasteiger partial charge in [-0.05, 0) is 24.3 Å². The van der Waals surface area contributed by atoms with E-state index in [0.29, 0.717) is 19.6 Å². The summed E-state index contributed by atoms with van der Waals surface area (Å²) in [5.74, 6) is -0.256. The van der Waals surface area contributed by atoms with Crippen LogP contribution in [0.2, 0.25) is 0 Å². The van der Waals surface area contributed by atoms with E-state index < -0.39 is 10.0 Å². The molecule has 0 N–H and O–H groups in total. The van der Waals surface area contributed by atoms with Crippen LogP contribution in [0.3, 0.4) is 0 Å². The molecule has 23 heavy (non-hydrogen) atoms. The molecule has 0 atom stereocenters. The van der Waals surface area contributed by atoms with Gasteiger partial charge in [0.05, 0.1) is 23.8 Å². The van der Waals surface area contributed by atoms with Gasteiger partial charge < -0.3 is 9.47 Å². The van der Waals surface area contributed by atoms with Crippen LogP contribution in [0, 0.1) is 0 Å². The summed E-state index contributed by atoms with van der Waals surface area (Å²) in [5.41, 5.74) is 0.145. The highest BCUT2D eigenvalue weighted by Gasteiger charge is 2.24. The van der Waals surface area contributed by atoms with Crippen molar-refractivity contribution in [2.45, 2.75) is 24.0 Å². The van der Waals surface area contributed by atoms with Gasteiger partial charge >= 0.3 is 0 Å². The van der Waals surface area contributed by atoms with Crippen LogP contribution in [-0.2, 0) is 19.5 Å². The van der Waals surface area contributed by atoms with Crippen LogP contribution < -0.4 is 0 Å². The lowest BCUT2D eigenvalue weighted by Crippen LogP contribution is -2.19. The SMILES string of the molecule is O=C(CCC1OCCO1)c1cccn1S(=O)(=O)c1ccccc1. The van der Waals surface area contributed by atoms with Crippen molar-refractivity contribution >= 4 is 15.8 Å². The smallest absolute Gasteiger partial charge is 0.268 e. The van der Waals surface area contributed by atoms with Crippen molar-refractivity contribution in [2.24, 2.45) is 0 Å². The first-order valence-electron chi connectivity index (χ1n) is 7.33. The Morgan fingerprint density at radius 2 is 1.78 bits per heavy atom. The Morgan fingerprint density at radius 1 is 1.09 bits per heavy atom. The molecule has 1 aliphatic heterocycles. The van der Waals surface area contributed by atoms with Crippen molar-refractivity contribution in [1.82, 2.24) is 3.97 Å². The third kappa shape index (κ3) is 3.36. The third-order valence-corrected chi connectivity index (χ3v) is 5.30. The molecular weight excluding hydrogens is 318 g/mol. The summed E-state index contributed by atoms with van der Waals surface area (Å²) in [6.45, 7) is 1.05. The molecule has 1 saturated heterocycles. The molecule has 0 spiro atoms. The minimum absolute atomic E-state index is 0.145. The summed E-state index contributed by atoms with van der Waals surface area (Å²) >= 11 is 0. The lowest BCUT2D eigenvalue weighted by Gasteiger charge is -2.11. The molecule has 2 aromatic rings. The number of carbonyl (C=O) groups is 1. The molecule has 1 fully saturated rings. The van der Waals surface area contributed by atoms with Gasteiger partial charge in [-0.3, -0.25) is 4.79 Å². The van der Waals surface area contributed by atoms with Gasteiger partial charge in [0.25, 0.3) is 10.0 Å². The first-order valence-corrected chi connectivity index (χ1v) is 8.77. The van der Waals surface area contributed by atoms with E-state index in [0.717, 1.165) is 3.97 Å². The molecular formula is C16H17NO5S. The molecule has 0 amide bonds. The molecule has 0 aliphatic carbocycles. The van der Waals surface area contributed by atoms with Crippen LogP contribution >= 0.6 is 0 Å². The first-order chi connectivity index (χ1) is 11.1. The topological polar surface area (TPSA) is 74.6 Å². The molecule has 0 unspecified atom stereocenters. The van der Waals surface area contributed by atoms with Crippen molar-refractivity contribution in [2.75, 3.05) is 13.2 Å². The Bertz CT molecular complexity index is 776. The number of rotatable bonds is 6. The zero-order chi connectivity index (χ0) is 16.3. The van der Waals surface area contributed by atoms with E-state index in [-0.39, 0.29) is 29.1 Å². The second-order valence-corrected chi connectivity index (χ2v) is 6.96. The number of hydrogen-bond acceptors (Lipinski definition) is 5. The van der Waals surface area contributed by atoms with Crippen molar-refractivity contribution in [1.29, 1.82) is 0 Å². The highest BCUT2D eigenvalue weighted by molar-refractivity contribution is 7.90. The van der Waals surface area contributed by atoms with Crippen LogP contribution in [0.25, 0.3) is 0 Å². The zero-order valence-corrected chi connectivity index (χ0v) is 13.2. The fourth-order valence-corrected chi connectivity index (χ4v) is 3.83. The molecule has 0 saturated carbocycles. The van der Waals surface area contributed by atoms with Gasteiger partial charge in [0, 0.05) is 19.0 Å². The van der Waals surface area contributed by atoms with E-state index in [4.69, 9.17) is 9.47 Å². The standard InChI is InChI=1S/C16H17NO5S/c18-15(8-9-16-21-11-12-22-16)14-7-4-10-17(14)23(19,20)13-5-2-1-3-6-13/h1-7,10,16H,8-9,11-12H2. The van der Waals surface area contributed by atoms with Crippen LogP contribution in [0.4, 0.5) is 0 Å². The monoisotopic (exact) mass is 335 g/mol. The molecule has 122 valence electrons. The van der Waals surface area contributed by atoms with E-state index in [1.165, 1.54) is 24.4 Å². The normalized spacial score (nSPS) is 15.8. The Morgan fingerprint density at radius 3 is 2.48 bits per heavy atom. The number of carbonyl (C=O) groups excluding carboxylic acids is 1. The van der Waals surface area contributed by atoms with Crippen LogP contribution in [-0.4, -0.2) is 37.7 Å². The maximum absolute atomic E-state index is 12.6. The van der Waals surface area contributed by atoms with Gasteiger partial charge in [0.15, 0.2) is 12.1 Å². The number of Topliss-reactive ketones (excluding diaryl/α,β-unsaturated/α-hetero) is 1. The zero-order valence-electron chi connectivity index (χ0n) is 12.4. The summed E-state index contributed by atoms with van der Waals surface area (Å²) in [4.78, 5) is 12.5. The van der Waals surface area contributed by atoms with Gasteiger partial charge in [-0.2, -0.15) is 0 Å². The average molecular weight is 335 g/mol. The second kappa shape index (κ2) is 6.66. The van der Waals surface area contributed by atoms with Crippen LogP contribution in [0.5, 0.6) is 0 Å². The predicted molar refractivity (Wildman–Crippen MR) is 82.7 cm³/mol. The van der Waals surface area contributed by atoms with E-state index in [2.05, 4.69) is 0 Å². The minimum atomic E-state index is -3.78. The summed E-state index contributed by atoms with van der Waals surface area (Å²) in [5, 5.41) is 0. The van der Waals surface area contributed by atoms with Crippen molar-refractivity contribution < 1.29 is 22.7 Å². The third-order valence-electron chi connectivity index (χ3n) is 3.60. The molecule has 0 bridgehead atoms. The average Bonchev–Trinajstić information content (AvgIpc) is 3.25. The van der Waals surface area contributed by atoms with Crippen molar-refractivity contribution in [3.63, 3.8) is 0 Å². The van der Waals surface area contributed by atoms with Crippen molar-refractivity contribution in [3.8, 4) is 0 Å². The number of benzene rings is 1. The molecule has 1 aromatic heterocycles. The molecule has 2 heterocycles. The summed E-state index contributed by atoms with van der Waals surface area (Å²) in [6, 6.07) is 11.1. The van der Waals surface area contributed by atoms with Crippen molar-refractivity contribution in [3.05, 3.63) is 54.4 Å². The van der Waals surface area contributed by atoms with Gasteiger partial charge in [-0.25, -0.2) is 12.4 Å². The Balaban J connectivity index is 1.80. The first kappa shape index (κ1) is 15.9. The van der Waals surface area contributed by atoms with Crippen LogP contribution in [0.1, 0.15) is 23.3 Å². The summed E-state index contributed by atoms with van der Waals surface area (Å²) < 4.78 is 36.9. The Hall–Kier alpha value is -1.96. The molecule has 0 radical (unpaired) electrons. The minimum Gasteiger partial charge on any atom is -0.350 e. The van der Waals surface area contributed by atoms with Gasteiger partial charge in [0.1, 0.15) is 0 Å². The number of aromatic nitrogens is 1. The largest absolute Gasteiger partial charge is 0.350 e. The fraction of sp³-hybridized carbons (Fsp3) is 0.312. The Labute approximate surface area is 134 Å². The van der Waals surface area contributed by atoms with E-state index in [1.54, 1.807) is 24.3 Å². The number of ketones is 1. The highest BCUT2D eigenvalue weighted by atomic mass is 32.2. The lowest BCUT2D eigenvalue weighted by molar-refractivity contribution is -0.0464. The fourth-order valence-electron chi connectivity index (χ4n) is 2.45. The van der Waals surface area contributed by atoms with E-state index in [1.807, 2.05) is 0 Å². The number of ether oxygens (including phenoxy) is 2. The van der Waals surface area contributed by atoms with Gasteiger partial charge in [0.2, 0.25) is 0 Å². The number of hydrogen-bond donors (Lipinski definition) is 0. The van der Waals surface area contributed by atoms with E-state index >= 15 is 0 Å². The quantitative estimate of drug-likeness (QED) is 0.756.